The minimum Gasteiger partial charge on any atom is -0.543 e. The van der Waals surface area contributed by atoms with E-state index in [-0.39, 0.29) is 10.1 Å². The van der Waals surface area contributed by atoms with Crippen LogP contribution in [0.2, 0.25) is 36.3 Å². The molecule has 0 amide bonds. The normalized spacial score (nSPS) is 13.3. The molecular formula is C32H40Br2O2Si2. The number of halogens is 2. The van der Waals surface area contributed by atoms with Crippen molar-refractivity contribution in [1.82, 2.24) is 0 Å². The van der Waals surface area contributed by atoms with Gasteiger partial charge in [0.15, 0.2) is 0 Å². The van der Waals surface area contributed by atoms with Crippen LogP contribution in [-0.2, 0) is 0 Å². The molecule has 0 saturated carbocycles. The Bertz CT molecular complexity index is 1510. The summed E-state index contributed by atoms with van der Waals surface area (Å²) in [6.07, 6.45) is 0. The molecule has 0 bridgehead atoms. The van der Waals surface area contributed by atoms with Gasteiger partial charge in [-0.25, -0.2) is 0 Å². The molecule has 0 aromatic heterocycles. The molecule has 0 atom stereocenters. The second-order valence-corrected chi connectivity index (χ2v) is 24.3. The first-order valence-corrected chi connectivity index (χ1v) is 20.7. The standard InChI is InChI=1S/C32H40Br2O2Si2/c1-31(2,3)37(7,8)35-29-22-16-12-11-15-21(22)19-20-25(29)26-28(34)27(33)23-17-13-14-18-24(23)30(26)36-38(9,10)32(4,5)6/h11-20H,1-10H3. The van der Waals surface area contributed by atoms with Crippen LogP contribution in [0.3, 0.4) is 0 Å². The summed E-state index contributed by atoms with van der Waals surface area (Å²) in [7, 11) is -4.35. The zero-order chi connectivity index (χ0) is 28.3. The Kier molecular flexibility index (Phi) is 7.81. The summed E-state index contributed by atoms with van der Waals surface area (Å²) in [4.78, 5) is 0. The van der Waals surface area contributed by atoms with Crippen molar-refractivity contribution in [2.75, 3.05) is 0 Å². The minimum atomic E-state index is -2.18. The highest BCUT2D eigenvalue weighted by Crippen LogP contribution is 2.53. The van der Waals surface area contributed by atoms with Crippen LogP contribution < -0.4 is 8.85 Å². The SMILES string of the molecule is CC(C)(C)[Si](C)(C)Oc1c(-c2c(Br)c(Br)c3ccccc3c2O[Si](C)(C)C(C)(C)C)ccc2ccccc12. The van der Waals surface area contributed by atoms with Crippen LogP contribution in [0.1, 0.15) is 41.5 Å². The van der Waals surface area contributed by atoms with E-state index in [0.29, 0.717) is 0 Å². The molecule has 0 heterocycles. The molecule has 4 aromatic carbocycles. The van der Waals surface area contributed by atoms with E-state index >= 15 is 0 Å². The highest BCUT2D eigenvalue weighted by molar-refractivity contribution is 9.13. The van der Waals surface area contributed by atoms with Gasteiger partial charge in [0.2, 0.25) is 0 Å². The van der Waals surface area contributed by atoms with Crippen LogP contribution in [0.4, 0.5) is 0 Å². The van der Waals surface area contributed by atoms with Crippen LogP contribution >= 0.6 is 31.9 Å². The molecule has 202 valence electrons. The molecule has 0 aliphatic rings. The number of hydrogen-bond donors (Lipinski definition) is 0. The zero-order valence-electron chi connectivity index (χ0n) is 24.3. The van der Waals surface area contributed by atoms with Crippen molar-refractivity contribution in [3.63, 3.8) is 0 Å². The molecule has 0 radical (unpaired) electrons. The van der Waals surface area contributed by atoms with Crippen LogP contribution in [-0.4, -0.2) is 16.6 Å². The van der Waals surface area contributed by atoms with Crippen molar-refractivity contribution in [2.24, 2.45) is 0 Å². The highest BCUT2D eigenvalue weighted by Gasteiger charge is 2.42. The lowest BCUT2D eigenvalue weighted by atomic mass is 9.96. The fourth-order valence-corrected chi connectivity index (χ4v) is 7.26. The van der Waals surface area contributed by atoms with Crippen LogP contribution in [0, 0.1) is 0 Å². The van der Waals surface area contributed by atoms with Crippen molar-refractivity contribution in [1.29, 1.82) is 0 Å². The van der Waals surface area contributed by atoms with E-state index in [0.717, 1.165) is 47.7 Å². The molecule has 38 heavy (non-hydrogen) atoms. The third-order valence-corrected chi connectivity index (χ3v) is 19.3. The number of rotatable bonds is 5. The Hall–Kier alpha value is -1.61. The lowest BCUT2D eigenvalue weighted by molar-refractivity contribution is 0.492. The van der Waals surface area contributed by atoms with Gasteiger partial charge in [0.05, 0.1) is 0 Å². The third-order valence-electron chi connectivity index (χ3n) is 8.52. The summed E-state index contributed by atoms with van der Waals surface area (Å²) >= 11 is 7.94. The Labute approximate surface area is 247 Å². The first-order valence-electron chi connectivity index (χ1n) is 13.3. The van der Waals surface area contributed by atoms with Gasteiger partial charge in [0.1, 0.15) is 11.5 Å². The van der Waals surface area contributed by atoms with Crippen molar-refractivity contribution >= 4 is 70.0 Å². The van der Waals surface area contributed by atoms with E-state index in [1.165, 1.54) is 5.39 Å². The van der Waals surface area contributed by atoms with Gasteiger partial charge in [0, 0.05) is 36.2 Å². The van der Waals surface area contributed by atoms with Crippen molar-refractivity contribution in [2.45, 2.75) is 77.8 Å². The van der Waals surface area contributed by atoms with E-state index in [9.17, 15) is 0 Å². The molecule has 6 heteroatoms. The highest BCUT2D eigenvalue weighted by atomic mass is 79.9. The summed E-state index contributed by atoms with van der Waals surface area (Å²) in [6.45, 7) is 23.0. The fourth-order valence-electron chi connectivity index (χ4n) is 4.05. The van der Waals surface area contributed by atoms with Crippen LogP contribution in [0.25, 0.3) is 32.7 Å². The van der Waals surface area contributed by atoms with E-state index in [1.54, 1.807) is 0 Å². The van der Waals surface area contributed by atoms with Gasteiger partial charge in [-0.3, -0.25) is 0 Å². The molecule has 0 aliphatic carbocycles. The molecule has 0 fully saturated rings. The minimum absolute atomic E-state index is 0.0504. The van der Waals surface area contributed by atoms with Gasteiger partial charge in [-0.15, -0.1) is 0 Å². The maximum atomic E-state index is 7.21. The largest absolute Gasteiger partial charge is 0.543 e. The lowest BCUT2D eigenvalue weighted by Gasteiger charge is -2.39. The summed E-state index contributed by atoms with van der Waals surface area (Å²) in [5.41, 5.74) is 2.10. The maximum Gasteiger partial charge on any atom is 0.250 e. The molecule has 4 rings (SSSR count). The van der Waals surface area contributed by atoms with Gasteiger partial charge < -0.3 is 8.85 Å². The molecule has 2 nitrogen and oxygen atoms in total. The van der Waals surface area contributed by atoms with Crippen molar-refractivity contribution < 1.29 is 8.85 Å². The van der Waals surface area contributed by atoms with Gasteiger partial charge in [0.25, 0.3) is 16.6 Å². The molecule has 0 spiro atoms. The van der Waals surface area contributed by atoms with E-state index in [4.69, 9.17) is 8.85 Å². The molecule has 0 saturated heterocycles. The Morgan fingerprint density at radius 3 is 1.58 bits per heavy atom. The number of hydrogen-bond acceptors (Lipinski definition) is 2. The summed E-state index contributed by atoms with van der Waals surface area (Å²) < 4.78 is 16.4. The molecule has 0 N–H and O–H groups in total. The summed E-state index contributed by atoms with van der Waals surface area (Å²) in [5, 5.41) is 4.65. The molecule has 0 aliphatic heterocycles. The lowest BCUT2D eigenvalue weighted by Crippen LogP contribution is -2.44. The number of fused-ring (bicyclic) bond motifs is 2. The van der Waals surface area contributed by atoms with Gasteiger partial charge in [-0.05, 0) is 79.6 Å². The average molecular weight is 673 g/mol. The van der Waals surface area contributed by atoms with Crippen LogP contribution in [0.15, 0.2) is 69.6 Å². The molecule has 0 unspecified atom stereocenters. The number of benzene rings is 4. The molecular weight excluding hydrogens is 632 g/mol. The summed E-state index contributed by atoms with van der Waals surface area (Å²) in [6, 6.07) is 21.5. The van der Waals surface area contributed by atoms with E-state index < -0.39 is 16.6 Å². The van der Waals surface area contributed by atoms with Crippen molar-refractivity contribution in [3.8, 4) is 22.6 Å². The Morgan fingerprint density at radius 1 is 0.553 bits per heavy atom. The van der Waals surface area contributed by atoms with Gasteiger partial charge in [-0.2, -0.15) is 0 Å². The van der Waals surface area contributed by atoms with Gasteiger partial charge >= 0.3 is 0 Å². The fraction of sp³-hybridized carbons (Fsp3) is 0.375. The van der Waals surface area contributed by atoms with Gasteiger partial charge in [-0.1, -0.05) is 96.1 Å². The average Bonchev–Trinajstić information content (AvgIpc) is 2.81. The Morgan fingerprint density at radius 2 is 1.03 bits per heavy atom. The monoisotopic (exact) mass is 670 g/mol. The first-order chi connectivity index (χ1) is 17.5. The zero-order valence-corrected chi connectivity index (χ0v) is 29.5. The van der Waals surface area contributed by atoms with Crippen molar-refractivity contribution in [3.05, 3.63) is 69.6 Å². The van der Waals surface area contributed by atoms with E-state index in [1.807, 2.05) is 0 Å². The topological polar surface area (TPSA) is 18.5 Å². The molecule has 4 aromatic rings. The first kappa shape index (κ1) is 29.4. The quantitative estimate of drug-likeness (QED) is 0.197. The Balaban J connectivity index is 2.14. The maximum absolute atomic E-state index is 7.21. The van der Waals surface area contributed by atoms with E-state index in [2.05, 4.69) is 160 Å². The smallest absolute Gasteiger partial charge is 0.250 e. The second-order valence-electron chi connectivity index (χ2n) is 13.3. The summed E-state index contributed by atoms with van der Waals surface area (Å²) in [5.74, 6) is 1.87. The van der Waals surface area contributed by atoms with Crippen LogP contribution in [0.5, 0.6) is 11.5 Å². The predicted molar refractivity (Wildman–Crippen MR) is 178 cm³/mol. The third kappa shape index (κ3) is 5.26. The predicted octanol–water partition coefficient (Wildman–Crippen LogP) is 12.0. The second kappa shape index (κ2) is 10.1.